The van der Waals surface area contributed by atoms with Gasteiger partial charge in [0.05, 0.1) is 19.4 Å². The summed E-state index contributed by atoms with van der Waals surface area (Å²) >= 11 is 0. The first-order valence-electron chi connectivity index (χ1n) is 21.0. The standard InChI is InChI=1S/C55H56N2O2Si/c1-37-11-21-43(22-12-37)56(45-27-29-47(30-28-45)57(53(58)59-54(3,4)5)46-23-13-38(2)14-24-46)44-25-15-39(16-26-44)41-19-33-49-50-34-20-42(36-52(50)55(6,7)51(49)35-41)40-17-31-48(32-18-40)60(8,9)10/h11-36H,1-10H3. The molecule has 0 radical (unpaired) electrons. The second kappa shape index (κ2) is 15.5. The zero-order valence-corrected chi connectivity index (χ0v) is 37.7. The van der Waals surface area contributed by atoms with E-state index >= 15 is 0 Å². The van der Waals surface area contributed by atoms with Crippen molar-refractivity contribution in [3.63, 3.8) is 0 Å². The second-order valence-corrected chi connectivity index (χ2v) is 23.9. The Labute approximate surface area is 358 Å². The van der Waals surface area contributed by atoms with E-state index in [0.29, 0.717) is 0 Å². The minimum Gasteiger partial charge on any atom is -0.443 e. The fourth-order valence-electron chi connectivity index (χ4n) is 8.32. The summed E-state index contributed by atoms with van der Waals surface area (Å²) in [6.45, 7) is 21.7. The summed E-state index contributed by atoms with van der Waals surface area (Å²) in [7, 11) is -1.36. The average Bonchev–Trinajstić information content (AvgIpc) is 3.44. The van der Waals surface area contributed by atoms with Gasteiger partial charge >= 0.3 is 6.09 Å². The monoisotopic (exact) mass is 804 g/mol. The predicted octanol–water partition coefficient (Wildman–Crippen LogP) is 15.0. The van der Waals surface area contributed by atoms with Gasteiger partial charge in [0.25, 0.3) is 0 Å². The molecule has 0 heterocycles. The molecule has 4 nitrogen and oxygen atoms in total. The van der Waals surface area contributed by atoms with E-state index in [1.807, 2.05) is 64.1 Å². The van der Waals surface area contributed by atoms with Crippen molar-refractivity contribution in [3.05, 3.63) is 180 Å². The van der Waals surface area contributed by atoms with Crippen LogP contribution in [0.15, 0.2) is 158 Å². The van der Waals surface area contributed by atoms with Gasteiger partial charge in [-0.25, -0.2) is 9.69 Å². The Morgan fingerprint density at radius 2 is 0.850 bits per heavy atom. The number of hydrogen-bond acceptors (Lipinski definition) is 3. The van der Waals surface area contributed by atoms with Gasteiger partial charge in [-0.2, -0.15) is 0 Å². The number of ether oxygens (including phenoxy) is 1. The van der Waals surface area contributed by atoms with Crippen LogP contribution in [0.2, 0.25) is 19.6 Å². The minimum absolute atomic E-state index is 0.137. The Balaban J connectivity index is 1.10. The molecule has 0 atom stereocenters. The fourth-order valence-corrected chi connectivity index (χ4v) is 9.48. The molecule has 1 amide bonds. The highest BCUT2D eigenvalue weighted by molar-refractivity contribution is 6.88. The Bertz CT molecular complexity index is 2670. The van der Waals surface area contributed by atoms with Gasteiger partial charge in [0.1, 0.15) is 5.60 Å². The molecule has 0 N–H and O–H groups in total. The molecular weight excluding hydrogens is 749 g/mol. The van der Waals surface area contributed by atoms with Crippen molar-refractivity contribution < 1.29 is 9.53 Å². The molecule has 7 aromatic carbocycles. The summed E-state index contributed by atoms with van der Waals surface area (Å²) in [4.78, 5) is 17.5. The molecule has 7 aromatic rings. The zero-order chi connectivity index (χ0) is 42.6. The van der Waals surface area contributed by atoms with Gasteiger partial charge in [-0.1, -0.05) is 135 Å². The lowest BCUT2D eigenvalue weighted by molar-refractivity contribution is 0.0599. The van der Waals surface area contributed by atoms with Crippen LogP contribution in [0.5, 0.6) is 0 Å². The van der Waals surface area contributed by atoms with Gasteiger partial charge in [-0.3, -0.25) is 0 Å². The first kappa shape index (κ1) is 40.6. The number of anilines is 5. The Morgan fingerprint density at radius 3 is 1.27 bits per heavy atom. The summed E-state index contributed by atoms with van der Waals surface area (Å²) in [6, 6.07) is 56.8. The summed E-state index contributed by atoms with van der Waals surface area (Å²) in [5, 5.41) is 1.49. The lowest BCUT2D eigenvalue weighted by Gasteiger charge is -2.29. The van der Waals surface area contributed by atoms with Crippen LogP contribution >= 0.6 is 0 Å². The van der Waals surface area contributed by atoms with Crippen LogP contribution in [0, 0.1) is 13.8 Å². The molecule has 0 bridgehead atoms. The molecular formula is C55H56N2O2Si. The van der Waals surface area contributed by atoms with Gasteiger partial charge < -0.3 is 9.64 Å². The molecule has 0 spiro atoms. The molecule has 5 heteroatoms. The molecule has 60 heavy (non-hydrogen) atoms. The van der Waals surface area contributed by atoms with Crippen LogP contribution in [0.1, 0.15) is 56.9 Å². The van der Waals surface area contributed by atoms with Crippen molar-refractivity contribution in [1.29, 1.82) is 0 Å². The van der Waals surface area contributed by atoms with E-state index in [9.17, 15) is 4.79 Å². The third-order valence-corrected chi connectivity index (χ3v) is 13.8. The first-order chi connectivity index (χ1) is 28.5. The molecule has 0 aliphatic heterocycles. The summed E-state index contributed by atoms with van der Waals surface area (Å²) in [6.07, 6.45) is -0.420. The first-order valence-corrected chi connectivity index (χ1v) is 24.5. The van der Waals surface area contributed by atoms with E-state index in [1.165, 1.54) is 55.3 Å². The number of fused-ring (bicyclic) bond motifs is 3. The number of carbonyl (C=O) groups is 1. The van der Waals surface area contributed by atoms with Gasteiger partial charge in [0, 0.05) is 22.5 Å². The van der Waals surface area contributed by atoms with Gasteiger partial charge in [0.2, 0.25) is 0 Å². The van der Waals surface area contributed by atoms with Crippen LogP contribution in [0.25, 0.3) is 33.4 Å². The molecule has 0 saturated heterocycles. The predicted molar refractivity (Wildman–Crippen MR) is 257 cm³/mol. The number of hydrogen-bond donors (Lipinski definition) is 0. The van der Waals surface area contributed by atoms with Crippen LogP contribution in [0.4, 0.5) is 33.2 Å². The molecule has 0 unspecified atom stereocenters. The molecule has 302 valence electrons. The largest absolute Gasteiger partial charge is 0.443 e. The van der Waals surface area contributed by atoms with E-state index in [1.54, 1.807) is 4.90 Å². The zero-order valence-electron chi connectivity index (χ0n) is 36.7. The highest BCUT2D eigenvalue weighted by Crippen LogP contribution is 2.51. The van der Waals surface area contributed by atoms with Crippen molar-refractivity contribution in [2.45, 2.75) is 79.1 Å². The quantitative estimate of drug-likeness (QED) is 0.143. The molecule has 0 aromatic heterocycles. The highest BCUT2D eigenvalue weighted by atomic mass is 28.3. The number of aryl methyl sites for hydroxylation is 2. The number of nitrogens with zero attached hydrogens (tertiary/aromatic N) is 2. The maximum atomic E-state index is 13.6. The van der Waals surface area contributed by atoms with Crippen LogP contribution in [-0.4, -0.2) is 19.8 Å². The molecule has 0 fully saturated rings. The third-order valence-electron chi connectivity index (χ3n) is 11.7. The van der Waals surface area contributed by atoms with Crippen molar-refractivity contribution in [1.82, 2.24) is 0 Å². The molecule has 8 rings (SSSR count). The van der Waals surface area contributed by atoms with E-state index in [2.05, 4.69) is 167 Å². The van der Waals surface area contributed by atoms with E-state index < -0.39 is 19.8 Å². The minimum atomic E-state index is -1.36. The summed E-state index contributed by atoms with van der Waals surface area (Å²) in [5.74, 6) is 0. The smallest absolute Gasteiger partial charge is 0.419 e. The van der Waals surface area contributed by atoms with E-state index in [0.717, 1.165) is 34.0 Å². The lowest BCUT2D eigenvalue weighted by Crippen LogP contribution is -2.37. The Morgan fingerprint density at radius 1 is 0.500 bits per heavy atom. The van der Waals surface area contributed by atoms with Crippen LogP contribution in [0.3, 0.4) is 0 Å². The molecule has 1 aliphatic rings. The number of benzene rings is 7. The van der Waals surface area contributed by atoms with Crippen LogP contribution < -0.4 is 15.0 Å². The number of carbonyl (C=O) groups excluding carboxylic acids is 1. The maximum absolute atomic E-state index is 13.6. The van der Waals surface area contributed by atoms with Crippen molar-refractivity contribution >= 4 is 47.8 Å². The lowest BCUT2D eigenvalue weighted by atomic mass is 9.81. The van der Waals surface area contributed by atoms with E-state index in [4.69, 9.17) is 4.74 Å². The van der Waals surface area contributed by atoms with Crippen LogP contribution in [-0.2, 0) is 10.2 Å². The van der Waals surface area contributed by atoms with Crippen molar-refractivity contribution in [2.75, 3.05) is 9.80 Å². The number of amides is 1. The molecule has 0 saturated carbocycles. The van der Waals surface area contributed by atoms with Gasteiger partial charge in [-0.05, 0) is 152 Å². The van der Waals surface area contributed by atoms with E-state index in [-0.39, 0.29) is 5.41 Å². The summed E-state index contributed by atoms with van der Waals surface area (Å²) < 4.78 is 5.88. The second-order valence-electron chi connectivity index (χ2n) is 18.9. The van der Waals surface area contributed by atoms with Crippen molar-refractivity contribution in [3.8, 4) is 33.4 Å². The fraction of sp³-hybridized carbons (Fsp3) is 0.218. The number of rotatable bonds is 8. The maximum Gasteiger partial charge on any atom is 0.419 e. The third kappa shape index (κ3) is 8.07. The highest BCUT2D eigenvalue weighted by Gasteiger charge is 2.36. The Kier molecular flexibility index (Phi) is 10.5. The Hall–Kier alpha value is -6.17. The topological polar surface area (TPSA) is 32.8 Å². The normalized spacial score (nSPS) is 13.0. The average molecular weight is 805 g/mol. The molecule has 1 aliphatic carbocycles. The SMILES string of the molecule is Cc1ccc(N(C(=O)OC(C)(C)C)c2ccc(N(c3ccc(C)cc3)c3ccc(-c4ccc5c(c4)C(C)(C)c4cc(-c6ccc([Si](C)(C)C)cc6)ccc4-5)cc3)cc2)cc1. The van der Waals surface area contributed by atoms with Gasteiger partial charge in [-0.15, -0.1) is 0 Å². The van der Waals surface area contributed by atoms with Crippen molar-refractivity contribution in [2.24, 2.45) is 0 Å². The van der Waals surface area contributed by atoms with Gasteiger partial charge in [0.15, 0.2) is 0 Å². The summed E-state index contributed by atoms with van der Waals surface area (Å²) in [5.41, 5.74) is 16.4.